The van der Waals surface area contributed by atoms with Crippen molar-refractivity contribution in [2.45, 2.75) is 66.4 Å². The van der Waals surface area contributed by atoms with Gasteiger partial charge in [0.05, 0.1) is 5.92 Å². The first-order chi connectivity index (χ1) is 12.0. The minimum Gasteiger partial charge on any atom is -0.374 e. The van der Waals surface area contributed by atoms with Crippen molar-refractivity contribution in [3.63, 3.8) is 0 Å². The topological polar surface area (TPSA) is 88.5 Å². The first-order valence-corrected chi connectivity index (χ1v) is 9.12. The molecule has 1 aliphatic carbocycles. The molecule has 0 aromatic heterocycles. The summed E-state index contributed by atoms with van der Waals surface area (Å²) in [5.74, 6) is -6.04. The zero-order valence-electron chi connectivity index (χ0n) is 16.6. The van der Waals surface area contributed by atoms with E-state index in [-0.39, 0.29) is 12.8 Å². The summed E-state index contributed by atoms with van der Waals surface area (Å²) < 4.78 is 0. The number of ketones is 4. The van der Waals surface area contributed by atoms with Crippen molar-refractivity contribution in [1.82, 2.24) is 0 Å². The van der Waals surface area contributed by atoms with Crippen LogP contribution in [0, 0.1) is 17.8 Å². The Hall–Kier alpha value is -1.88. The van der Waals surface area contributed by atoms with Crippen molar-refractivity contribution in [2.24, 2.45) is 17.8 Å². The van der Waals surface area contributed by atoms with Gasteiger partial charge in [-0.15, -0.1) is 0 Å². The van der Waals surface area contributed by atoms with E-state index in [2.05, 4.69) is 0 Å². The number of hydrogen-bond acceptors (Lipinski definition) is 5. The van der Waals surface area contributed by atoms with E-state index in [9.17, 15) is 24.3 Å². The predicted octanol–water partition coefficient (Wildman–Crippen LogP) is 3.00. The molecule has 4 unspecified atom stereocenters. The Labute approximate surface area is 155 Å². The number of rotatable bonds is 8. The summed E-state index contributed by atoms with van der Waals surface area (Å²) in [6.45, 7) is 10.7. The lowest BCUT2D eigenvalue weighted by atomic mass is 9.81. The quantitative estimate of drug-likeness (QED) is 0.530. The molecule has 1 saturated carbocycles. The lowest BCUT2D eigenvalue weighted by Gasteiger charge is -2.25. The van der Waals surface area contributed by atoms with Gasteiger partial charge in [-0.05, 0) is 40.5 Å². The van der Waals surface area contributed by atoms with Crippen molar-refractivity contribution in [3.8, 4) is 0 Å². The van der Waals surface area contributed by atoms with Gasteiger partial charge >= 0.3 is 0 Å². The molecular formula is C21H30O5. The smallest absolute Gasteiger partial charge is 0.192 e. The molecule has 0 bridgehead atoms. The van der Waals surface area contributed by atoms with Crippen LogP contribution in [0.5, 0.6) is 0 Å². The van der Waals surface area contributed by atoms with Crippen molar-refractivity contribution in [2.75, 3.05) is 0 Å². The van der Waals surface area contributed by atoms with E-state index in [4.69, 9.17) is 0 Å². The van der Waals surface area contributed by atoms with Crippen molar-refractivity contribution in [3.05, 3.63) is 23.3 Å². The molecule has 5 nitrogen and oxygen atoms in total. The Kier molecular flexibility index (Phi) is 7.39. The van der Waals surface area contributed by atoms with Crippen LogP contribution in [-0.4, -0.2) is 33.8 Å². The van der Waals surface area contributed by atoms with Crippen LogP contribution in [0.15, 0.2) is 23.3 Å². The van der Waals surface area contributed by atoms with Crippen molar-refractivity contribution < 1.29 is 24.3 Å². The Balaban J connectivity index is 3.37. The SMILES string of the molecule is CCC(C)C(=O)C1C(=O)C(CC=C(C)C)C(O)(C(=O)CC=C(C)C)C1=O. The highest BCUT2D eigenvalue weighted by atomic mass is 16.3. The fourth-order valence-corrected chi connectivity index (χ4v) is 3.11. The molecule has 144 valence electrons. The van der Waals surface area contributed by atoms with E-state index in [1.807, 2.05) is 13.8 Å². The van der Waals surface area contributed by atoms with Gasteiger partial charge < -0.3 is 5.11 Å². The van der Waals surface area contributed by atoms with Gasteiger partial charge in [0.15, 0.2) is 28.7 Å². The van der Waals surface area contributed by atoms with Crippen LogP contribution in [-0.2, 0) is 19.2 Å². The number of Topliss-reactive ketones (excluding diaryl/α,β-unsaturated/α-hetero) is 4. The highest BCUT2D eigenvalue weighted by Gasteiger charge is 2.64. The van der Waals surface area contributed by atoms with Crippen LogP contribution < -0.4 is 0 Å². The molecule has 0 aliphatic heterocycles. The molecule has 4 atom stereocenters. The minimum absolute atomic E-state index is 0.0637. The average molecular weight is 362 g/mol. The second kappa shape index (κ2) is 8.67. The van der Waals surface area contributed by atoms with Gasteiger partial charge in [0.25, 0.3) is 0 Å². The molecule has 0 aromatic rings. The molecule has 5 heteroatoms. The Morgan fingerprint density at radius 2 is 1.65 bits per heavy atom. The Morgan fingerprint density at radius 1 is 1.12 bits per heavy atom. The summed E-state index contributed by atoms with van der Waals surface area (Å²) in [4.78, 5) is 51.0. The van der Waals surface area contributed by atoms with Gasteiger partial charge in [0, 0.05) is 12.3 Å². The molecule has 0 radical (unpaired) electrons. The average Bonchev–Trinajstić information content (AvgIpc) is 2.76. The summed E-state index contributed by atoms with van der Waals surface area (Å²) >= 11 is 0. The maximum atomic E-state index is 12.9. The standard InChI is InChI=1S/C21H30O5/c1-7-14(6)18(23)17-19(24)15(10-8-12(2)3)21(26,20(17)25)16(22)11-9-13(4)5/h8-9,14-15,17,26H,7,10-11H2,1-6H3. The molecule has 0 spiro atoms. The Bertz CT molecular complexity index is 662. The summed E-state index contributed by atoms with van der Waals surface area (Å²) in [5.41, 5.74) is -0.657. The van der Waals surface area contributed by atoms with Crippen LogP contribution in [0.2, 0.25) is 0 Å². The maximum Gasteiger partial charge on any atom is 0.192 e. The molecule has 26 heavy (non-hydrogen) atoms. The summed E-state index contributed by atoms with van der Waals surface area (Å²) in [6.07, 6.45) is 3.73. The van der Waals surface area contributed by atoms with Crippen LogP contribution >= 0.6 is 0 Å². The van der Waals surface area contributed by atoms with Crippen molar-refractivity contribution >= 4 is 23.1 Å². The normalized spacial score (nSPS) is 26.4. The molecule has 1 aliphatic rings. The van der Waals surface area contributed by atoms with Crippen LogP contribution in [0.3, 0.4) is 0 Å². The lowest BCUT2D eigenvalue weighted by molar-refractivity contribution is -0.153. The van der Waals surface area contributed by atoms with Gasteiger partial charge in [0.2, 0.25) is 0 Å². The predicted molar refractivity (Wildman–Crippen MR) is 99.5 cm³/mol. The van der Waals surface area contributed by atoms with Gasteiger partial charge in [-0.2, -0.15) is 0 Å². The molecule has 1 N–H and O–H groups in total. The zero-order chi connectivity index (χ0) is 20.2. The van der Waals surface area contributed by atoms with E-state index < -0.39 is 46.5 Å². The molecular weight excluding hydrogens is 332 g/mol. The second-order valence-corrected chi connectivity index (χ2v) is 7.66. The minimum atomic E-state index is -2.43. The van der Waals surface area contributed by atoms with Crippen LogP contribution in [0.1, 0.15) is 60.8 Å². The lowest BCUT2D eigenvalue weighted by Crippen LogP contribution is -2.49. The van der Waals surface area contributed by atoms with E-state index >= 15 is 0 Å². The third-order valence-corrected chi connectivity index (χ3v) is 5.04. The number of hydrogen-bond donors (Lipinski definition) is 1. The highest BCUT2D eigenvalue weighted by molar-refractivity contribution is 6.34. The molecule has 0 saturated heterocycles. The van der Waals surface area contributed by atoms with Gasteiger partial charge in [-0.3, -0.25) is 19.2 Å². The molecule has 0 aromatic carbocycles. The van der Waals surface area contributed by atoms with E-state index in [0.29, 0.717) is 6.42 Å². The third kappa shape index (κ3) is 4.26. The molecule has 1 rings (SSSR count). The number of carbonyl (C=O) groups excluding carboxylic acids is 4. The summed E-state index contributed by atoms with van der Waals surface area (Å²) in [6, 6.07) is 0. The monoisotopic (exact) mass is 362 g/mol. The van der Waals surface area contributed by atoms with Gasteiger partial charge in [0.1, 0.15) is 5.92 Å². The largest absolute Gasteiger partial charge is 0.374 e. The van der Waals surface area contributed by atoms with Gasteiger partial charge in [-0.25, -0.2) is 0 Å². The van der Waals surface area contributed by atoms with Crippen molar-refractivity contribution in [1.29, 1.82) is 0 Å². The molecule has 1 fully saturated rings. The van der Waals surface area contributed by atoms with Gasteiger partial charge in [-0.1, -0.05) is 37.1 Å². The zero-order valence-corrected chi connectivity index (χ0v) is 16.6. The molecule has 0 amide bonds. The number of allylic oxidation sites excluding steroid dienone is 4. The third-order valence-electron chi connectivity index (χ3n) is 5.04. The summed E-state index contributed by atoms with van der Waals surface area (Å²) in [7, 11) is 0. The van der Waals surface area contributed by atoms with E-state index in [0.717, 1.165) is 11.1 Å². The molecule has 0 heterocycles. The second-order valence-electron chi connectivity index (χ2n) is 7.66. The first kappa shape index (κ1) is 22.2. The fourth-order valence-electron chi connectivity index (χ4n) is 3.11. The highest BCUT2D eigenvalue weighted by Crippen LogP contribution is 2.39. The summed E-state index contributed by atoms with van der Waals surface area (Å²) in [5, 5.41) is 11.0. The number of aliphatic hydroxyl groups is 1. The number of carbonyl (C=O) groups is 4. The Morgan fingerprint density at radius 3 is 2.12 bits per heavy atom. The van der Waals surface area contributed by atoms with Crippen LogP contribution in [0.4, 0.5) is 0 Å². The maximum absolute atomic E-state index is 12.9. The fraction of sp³-hybridized carbons (Fsp3) is 0.619. The van der Waals surface area contributed by atoms with E-state index in [1.165, 1.54) is 0 Å². The van der Waals surface area contributed by atoms with E-state index in [1.54, 1.807) is 39.8 Å². The first-order valence-electron chi connectivity index (χ1n) is 9.12. The van der Waals surface area contributed by atoms with Crippen LogP contribution in [0.25, 0.3) is 0 Å².